The monoisotopic (exact) mass is 464 g/mol. The van der Waals surface area contributed by atoms with E-state index in [1.807, 2.05) is 48.5 Å². The Balaban J connectivity index is 1.40. The number of hydrogen-bond acceptors (Lipinski definition) is 4. The van der Waals surface area contributed by atoms with E-state index >= 15 is 0 Å². The van der Waals surface area contributed by atoms with Gasteiger partial charge in [0.1, 0.15) is 11.5 Å². The van der Waals surface area contributed by atoms with Crippen LogP contribution >= 0.6 is 0 Å². The summed E-state index contributed by atoms with van der Waals surface area (Å²) < 4.78 is 11.2. The third kappa shape index (κ3) is 8.30. The second-order valence-corrected chi connectivity index (χ2v) is 9.59. The van der Waals surface area contributed by atoms with E-state index in [2.05, 4.69) is 13.8 Å². The van der Waals surface area contributed by atoms with E-state index < -0.39 is 0 Å². The Morgan fingerprint density at radius 1 is 0.618 bits per heavy atom. The van der Waals surface area contributed by atoms with Crippen LogP contribution in [0.5, 0.6) is 11.5 Å². The molecular weight excluding hydrogens is 424 g/mol. The molecule has 4 nitrogen and oxygen atoms in total. The Labute approximate surface area is 205 Å². The molecule has 0 N–H and O–H groups in total. The number of carbonyl (C=O) groups is 2. The molecule has 1 fully saturated rings. The summed E-state index contributed by atoms with van der Waals surface area (Å²) in [5.74, 6) is 0.507. The first-order valence-corrected chi connectivity index (χ1v) is 13.2. The molecule has 184 valence electrons. The van der Waals surface area contributed by atoms with Crippen LogP contribution in [0.15, 0.2) is 48.5 Å². The van der Waals surface area contributed by atoms with Gasteiger partial charge in [-0.3, -0.25) is 9.59 Å². The molecule has 0 aromatic heterocycles. The maximum absolute atomic E-state index is 12.6. The number of aryl methyl sites for hydroxylation is 2. The van der Waals surface area contributed by atoms with Crippen molar-refractivity contribution in [3.63, 3.8) is 0 Å². The molecular formula is C30H40O4. The average molecular weight is 465 g/mol. The molecule has 34 heavy (non-hydrogen) atoms. The van der Waals surface area contributed by atoms with Gasteiger partial charge in [-0.1, -0.05) is 63.8 Å². The lowest BCUT2D eigenvalue weighted by Gasteiger charge is -2.25. The lowest BCUT2D eigenvalue weighted by molar-refractivity contribution is -0.145. The van der Waals surface area contributed by atoms with Crippen molar-refractivity contribution in [1.82, 2.24) is 0 Å². The summed E-state index contributed by atoms with van der Waals surface area (Å²) >= 11 is 0. The lowest BCUT2D eigenvalue weighted by Crippen LogP contribution is -2.30. The van der Waals surface area contributed by atoms with Crippen molar-refractivity contribution < 1.29 is 19.1 Å². The minimum absolute atomic E-state index is 0.157. The van der Waals surface area contributed by atoms with Gasteiger partial charge in [0, 0.05) is 0 Å². The van der Waals surface area contributed by atoms with Gasteiger partial charge >= 0.3 is 11.9 Å². The number of ether oxygens (including phenoxy) is 2. The van der Waals surface area contributed by atoms with E-state index in [0.717, 1.165) is 12.8 Å². The van der Waals surface area contributed by atoms with Crippen LogP contribution in [0.4, 0.5) is 0 Å². The van der Waals surface area contributed by atoms with E-state index in [1.54, 1.807) is 0 Å². The zero-order valence-corrected chi connectivity index (χ0v) is 20.9. The Kier molecular flexibility index (Phi) is 10.7. The average Bonchev–Trinajstić information content (AvgIpc) is 2.86. The largest absolute Gasteiger partial charge is 0.426 e. The molecule has 1 saturated carbocycles. The number of esters is 2. The van der Waals surface area contributed by atoms with Gasteiger partial charge in [-0.25, -0.2) is 0 Å². The maximum atomic E-state index is 12.6. The highest BCUT2D eigenvalue weighted by atomic mass is 16.5. The smallest absolute Gasteiger partial charge is 0.314 e. The van der Waals surface area contributed by atoms with Crippen LogP contribution in [0.1, 0.15) is 89.2 Å². The molecule has 0 aliphatic heterocycles. The Morgan fingerprint density at radius 2 is 0.971 bits per heavy atom. The highest BCUT2D eigenvalue weighted by molar-refractivity contribution is 5.77. The third-order valence-electron chi connectivity index (χ3n) is 6.82. The molecule has 3 rings (SSSR count). The number of rotatable bonds is 12. The molecule has 2 aromatic rings. The normalized spacial score (nSPS) is 17.8. The van der Waals surface area contributed by atoms with Crippen LogP contribution in [0.3, 0.4) is 0 Å². The first kappa shape index (κ1) is 26.0. The van der Waals surface area contributed by atoms with Crippen LogP contribution in [0, 0.1) is 11.8 Å². The molecule has 0 saturated heterocycles. The molecule has 2 aromatic carbocycles. The van der Waals surface area contributed by atoms with Crippen LogP contribution in [0.2, 0.25) is 0 Å². The topological polar surface area (TPSA) is 52.6 Å². The second-order valence-electron chi connectivity index (χ2n) is 9.59. The molecule has 0 bridgehead atoms. The van der Waals surface area contributed by atoms with E-state index in [0.29, 0.717) is 37.2 Å². The van der Waals surface area contributed by atoms with Crippen molar-refractivity contribution in [1.29, 1.82) is 0 Å². The summed E-state index contributed by atoms with van der Waals surface area (Å²) in [7, 11) is 0. The maximum Gasteiger partial charge on any atom is 0.314 e. The van der Waals surface area contributed by atoms with Crippen molar-refractivity contribution in [2.75, 3.05) is 0 Å². The molecule has 1 aliphatic rings. The second kappa shape index (κ2) is 13.9. The summed E-state index contributed by atoms with van der Waals surface area (Å²) in [5.41, 5.74) is 2.55. The Hall–Kier alpha value is -2.62. The summed E-state index contributed by atoms with van der Waals surface area (Å²) in [6.07, 6.45) is 12.0. The van der Waals surface area contributed by atoms with Gasteiger partial charge in [0.15, 0.2) is 0 Å². The molecule has 0 radical (unpaired) electrons. The lowest BCUT2D eigenvalue weighted by atomic mass is 9.82. The van der Waals surface area contributed by atoms with Crippen molar-refractivity contribution in [3.8, 4) is 11.5 Å². The molecule has 4 heteroatoms. The third-order valence-corrected chi connectivity index (χ3v) is 6.82. The highest BCUT2D eigenvalue weighted by Crippen LogP contribution is 2.31. The summed E-state index contributed by atoms with van der Waals surface area (Å²) in [5, 5.41) is 0. The van der Waals surface area contributed by atoms with E-state index in [9.17, 15) is 9.59 Å². The fraction of sp³-hybridized carbons (Fsp3) is 0.533. The van der Waals surface area contributed by atoms with Crippen LogP contribution in [-0.2, 0) is 22.4 Å². The molecule has 0 unspecified atom stereocenters. The van der Waals surface area contributed by atoms with E-state index in [4.69, 9.17) is 9.47 Å². The first-order chi connectivity index (χ1) is 16.6. The minimum atomic E-state index is -0.191. The molecule has 0 heterocycles. The van der Waals surface area contributed by atoms with Crippen molar-refractivity contribution in [2.45, 2.75) is 90.9 Å². The van der Waals surface area contributed by atoms with Gasteiger partial charge in [-0.05, 0) is 86.8 Å². The van der Waals surface area contributed by atoms with E-state index in [-0.39, 0.29) is 23.8 Å². The fourth-order valence-electron chi connectivity index (χ4n) is 4.57. The number of benzene rings is 2. The Bertz CT molecular complexity index is 802. The van der Waals surface area contributed by atoms with Gasteiger partial charge in [0.05, 0.1) is 11.8 Å². The Morgan fingerprint density at radius 3 is 1.29 bits per heavy atom. The number of unbranched alkanes of at least 4 members (excludes halogenated alkanes) is 4. The van der Waals surface area contributed by atoms with Crippen molar-refractivity contribution in [2.24, 2.45) is 11.8 Å². The predicted molar refractivity (Wildman–Crippen MR) is 136 cm³/mol. The van der Waals surface area contributed by atoms with Crippen LogP contribution < -0.4 is 9.47 Å². The SMILES string of the molecule is CCCCCc1ccc(OC(=O)C2CCC(C(=O)Oc3ccc(CCCCC)cc3)CC2)cc1. The molecule has 0 amide bonds. The summed E-state index contributed by atoms with van der Waals surface area (Å²) in [6, 6.07) is 15.7. The first-order valence-electron chi connectivity index (χ1n) is 13.2. The van der Waals surface area contributed by atoms with Crippen LogP contribution in [-0.4, -0.2) is 11.9 Å². The summed E-state index contributed by atoms with van der Waals surface area (Å²) in [6.45, 7) is 4.40. The minimum Gasteiger partial charge on any atom is -0.426 e. The standard InChI is InChI=1S/C30H40O4/c1-3-5-7-9-23-11-19-27(20-12-23)33-29(31)25-15-17-26(18-16-25)30(32)34-28-21-13-24(14-22-28)10-8-6-4-2/h11-14,19-22,25-26H,3-10,15-18H2,1-2H3. The number of carbonyl (C=O) groups excluding carboxylic acids is 2. The summed E-state index contributed by atoms with van der Waals surface area (Å²) in [4.78, 5) is 25.2. The van der Waals surface area contributed by atoms with Crippen molar-refractivity contribution in [3.05, 3.63) is 59.7 Å². The predicted octanol–water partition coefficient (Wildman–Crippen LogP) is 7.47. The zero-order chi connectivity index (χ0) is 24.2. The van der Waals surface area contributed by atoms with Crippen molar-refractivity contribution >= 4 is 11.9 Å². The van der Waals surface area contributed by atoms with Gasteiger partial charge in [-0.15, -0.1) is 0 Å². The molecule has 0 spiro atoms. The van der Waals surface area contributed by atoms with E-state index in [1.165, 1.54) is 49.7 Å². The van der Waals surface area contributed by atoms with Gasteiger partial charge in [0.25, 0.3) is 0 Å². The quantitative estimate of drug-likeness (QED) is 0.186. The van der Waals surface area contributed by atoms with Gasteiger partial charge in [-0.2, -0.15) is 0 Å². The zero-order valence-electron chi connectivity index (χ0n) is 20.9. The van der Waals surface area contributed by atoms with Gasteiger partial charge < -0.3 is 9.47 Å². The molecule has 1 aliphatic carbocycles. The van der Waals surface area contributed by atoms with Crippen LogP contribution in [0.25, 0.3) is 0 Å². The molecule has 0 atom stereocenters. The highest BCUT2D eigenvalue weighted by Gasteiger charge is 2.32. The fourth-order valence-corrected chi connectivity index (χ4v) is 4.57. The van der Waals surface area contributed by atoms with Gasteiger partial charge in [0.2, 0.25) is 0 Å². The number of hydrogen-bond donors (Lipinski definition) is 0.